The maximum atomic E-state index is 12.2. The Hall–Kier alpha value is -1.98. The number of aliphatic hydroxyl groups is 2. The van der Waals surface area contributed by atoms with E-state index in [0.29, 0.717) is 25.4 Å². The molecule has 176 valence electrons. The SMILES string of the molecule is OCCCBr.OCCCOc1ccc(C(F)(F)F)cc1.Oc1ccc(C(F)(F)F)cc1. The third kappa shape index (κ3) is 13.8. The number of rotatable bonds is 6. The molecule has 0 amide bonds. The Morgan fingerprint density at radius 1 is 0.710 bits per heavy atom. The smallest absolute Gasteiger partial charge is 0.416 e. The van der Waals surface area contributed by atoms with Crippen LogP contribution < -0.4 is 4.74 Å². The third-order valence-corrected chi connectivity index (χ3v) is 3.80. The highest BCUT2D eigenvalue weighted by molar-refractivity contribution is 9.09. The lowest BCUT2D eigenvalue weighted by Crippen LogP contribution is -2.05. The van der Waals surface area contributed by atoms with Crippen molar-refractivity contribution in [3.63, 3.8) is 0 Å². The minimum absolute atomic E-state index is 0.000630. The summed E-state index contributed by atoms with van der Waals surface area (Å²) in [5.74, 6) is 0.203. The molecule has 31 heavy (non-hydrogen) atoms. The molecule has 0 spiro atoms. The summed E-state index contributed by atoms with van der Waals surface area (Å²) < 4.78 is 77.1. The van der Waals surface area contributed by atoms with E-state index >= 15 is 0 Å². The van der Waals surface area contributed by atoms with Crippen molar-refractivity contribution in [3.05, 3.63) is 59.7 Å². The average Bonchev–Trinajstić information content (AvgIpc) is 2.69. The van der Waals surface area contributed by atoms with E-state index in [2.05, 4.69) is 15.9 Å². The number of ether oxygens (including phenoxy) is 1. The molecule has 0 aliphatic rings. The van der Waals surface area contributed by atoms with Crippen molar-refractivity contribution in [2.24, 2.45) is 0 Å². The van der Waals surface area contributed by atoms with Crippen LogP contribution in [-0.4, -0.2) is 40.5 Å². The summed E-state index contributed by atoms with van der Waals surface area (Å²) in [5, 5.41) is 26.1. The number of phenols is 1. The van der Waals surface area contributed by atoms with Crippen LogP contribution in [-0.2, 0) is 12.4 Å². The number of aromatic hydroxyl groups is 1. The van der Waals surface area contributed by atoms with Gasteiger partial charge in [-0.2, -0.15) is 26.3 Å². The molecule has 0 aromatic heterocycles. The predicted octanol–water partition coefficient (Wildman–Crippen LogP) is 5.64. The van der Waals surface area contributed by atoms with Crippen molar-refractivity contribution >= 4 is 15.9 Å². The maximum Gasteiger partial charge on any atom is 0.416 e. The summed E-state index contributed by atoms with van der Waals surface area (Å²) in [6.45, 7) is 0.591. The van der Waals surface area contributed by atoms with Gasteiger partial charge in [-0.3, -0.25) is 0 Å². The quantitative estimate of drug-likeness (QED) is 0.262. The molecule has 4 nitrogen and oxygen atoms in total. The topological polar surface area (TPSA) is 69.9 Å². The Morgan fingerprint density at radius 3 is 1.45 bits per heavy atom. The van der Waals surface area contributed by atoms with E-state index in [0.717, 1.165) is 48.1 Å². The average molecular weight is 521 g/mol. The molecule has 0 saturated heterocycles. The maximum absolute atomic E-state index is 12.2. The first-order valence-corrected chi connectivity index (χ1v) is 10.0. The van der Waals surface area contributed by atoms with Gasteiger partial charge in [0.2, 0.25) is 0 Å². The summed E-state index contributed by atoms with van der Waals surface area (Å²) in [7, 11) is 0. The van der Waals surface area contributed by atoms with Crippen molar-refractivity contribution in [2.75, 3.05) is 25.2 Å². The van der Waals surface area contributed by atoms with E-state index in [-0.39, 0.29) is 12.4 Å². The molecule has 11 heteroatoms. The highest BCUT2D eigenvalue weighted by Crippen LogP contribution is 2.30. The second-order valence-electron chi connectivity index (χ2n) is 5.76. The van der Waals surface area contributed by atoms with Gasteiger partial charge in [0.05, 0.1) is 17.7 Å². The lowest BCUT2D eigenvalue weighted by molar-refractivity contribution is -0.138. The second kappa shape index (κ2) is 14.9. The van der Waals surface area contributed by atoms with Crippen molar-refractivity contribution in [1.29, 1.82) is 0 Å². The number of hydrogen-bond acceptors (Lipinski definition) is 4. The molecule has 0 heterocycles. The fraction of sp³-hybridized carbons (Fsp3) is 0.400. The van der Waals surface area contributed by atoms with Crippen LogP contribution in [0, 0.1) is 0 Å². The first kappa shape index (κ1) is 29.0. The zero-order valence-electron chi connectivity index (χ0n) is 16.3. The predicted molar refractivity (Wildman–Crippen MR) is 107 cm³/mol. The zero-order valence-corrected chi connectivity index (χ0v) is 17.8. The number of benzene rings is 2. The van der Waals surface area contributed by atoms with Gasteiger partial charge in [-0.25, -0.2) is 0 Å². The van der Waals surface area contributed by atoms with E-state index in [1.807, 2.05) is 0 Å². The molecule has 0 saturated carbocycles. The van der Waals surface area contributed by atoms with Crippen molar-refractivity contribution < 1.29 is 46.4 Å². The Kier molecular flexibility index (Phi) is 14.0. The molecule has 0 aliphatic carbocycles. The zero-order chi connectivity index (χ0) is 23.9. The molecule has 0 aliphatic heterocycles. The second-order valence-corrected chi connectivity index (χ2v) is 6.55. The Bertz CT molecular complexity index is 702. The third-order valence-electron chi connectivity index (χ3n) is 3.24. The van der Waals surface area contributed by atoms with Crippen molar-refractivity contribution in [3.8, 4) is 11.5 Å². The van der Waals surface area contributed by atoms with Gasteiger partial charge in [-0.15, -0.1) is 0 Å². The van der Waals surface area contributed by atoms with Gasteiger partial charge in [0.25, 0.3) is 0 Å². The van der Waals surface area contributed by atoms with Crippen LogP contribution in [0.15, 0.2) is 48.5 Å². The number of hydrogen-bond donors (Lipinski definition) is 3. The molecule has 2 aromatic carbocycles. The van der Waals surface area contributed by atoms with E-state index < -0.39 is 23.5 Å². The molecule has 0 radical (unpaired) electrons. The number of phenolic OH excluding ortho intramolecular Hbond substituents is 1. The molecule has 2 aromatic rings. The minimum atomic E-state index is -4.33. The van der Waals surface area contributed by atoms with Gasteiger partial charge < -0.3 is 20.1 Å². The summed E-state index contributed by atoms with van der Waals surface area (Å²) in [6, 6.07) is 8.12. The van der Waals surface area contributed by atoms with Crippen LogP contribution in [0.3, 0.4) is 0 Å². The van der Waals surface area contributed by atoms with Crippen LogP contribution >= 0.6 is 15.9 Å². The van der Waals surface area contributed by atoms with E-state index in [4.69, 9.17) is 20.1 Å². The monoisotopic (exact) mass is 520 g/mol. The largest absolute Gasteiger partial charge is 0.508 e. The molecule has 2 rings (SSSR count). The highest BCUT2D eigenvalue weighted by Gasteiger charge is 2.30. The minimum Gasteiger partial charge on any atom is -0.508 e. The van der Waals surface area contributed by atoms with Gasteiger partial charge in [-0.1, -0.05) is 15.9 Å². The van der Waals surface area contributed by atoms with Gasteiger partial charge in [0, 0.05) is 25.0 Å². The summed E-state index contributed by atoms with van der Waals surface area (Å²) >= 11 is 3.15. The molecular weight excluding hydrogens is 498 g/mol. The number of halogens is 7. The molecule has 0 unspecified atom stereocenters. The van der Waals surface area contributed by atoms with Crippen LogP contribution in [0.2, 0.25) is 0 Å². The molecular formula is C20H23BrF6O4. The first-order chi connectivity index (χ1) is 14.5. The normalized spacial score (nSPS) is 11.0. The lowest BCUT2D eigenvalue weighted by atomic mass is 10.2. The lowest BCUT2D eigenvalue weighted by Gasteiger charge is -2.08. The highest BCUT2D eigenvalue weighted by atomic mass is 79.9. The Labute approximate surface area is 184 Å². The standard InChI is InChI=1S/C10H11F3O2.C7H5F3O.C3H7BrO/c11-10(12,13)8-2-4-9(5-3-8)15-7-1-6-14;8-7(9,10)5-1-3-6(11)4-2-5;4-2-1-3-5/h2-5,14H,1,6-7H2;1-4,11H;5H,1-3H2. The molecule has 3 N–H and O–H groups in total. The van der Waals surface area contributed by atoms with Crippen LogP contribution in [0.5, 0.6) is 11.5 Å². The molecule has 0 fully saturated rings. The molecule has 0 atom stereocenters. The van der Waals surface area contributed by atoms with Gasteiger partial charge in [0.15, 0.2) is 0 Å². The van der Waals surface area contributed by atoms with E-state index in [9.17, 15) is 26.3 Å². The Morgan fingerprint density at radius 2 is 1.13 bits per heavy atom. The van der Waals surface area contributed by atoms with E-state index in [1.165, 1.54) is 12.1 Å². The van der Waals surface area contributed by atoms with Crippen LogP contribution in [0.25, 0.3) is 0 Å². The van der Waals surface area contributed by atoms with Crippen LogP contribution in [0.4, 0.5) is 26.3 Å². The summed E-state index contributed by atoms with van der Waals surface area (Å²) in [6.07, 6.45) is -7.32. The summed E-state index contributed by atoms with van der Waals surface area (Å²) in [5.41, 5.74) is -1.45. The van der Waals surface area contributed by atoms with Crippen LogP contribution in [0.1, 0.15) is 24.0 Å². The first-order valence-electron chi connectivity index (χ1n) is 8.89. The van der Waals surface area contributed by atoms with Gasteiger partial charge in [0.1, 0.15) is 11.5 Å². The fourth-order valence-electron chi connectivity index (χ4n) is 1.70. The fourth-order valence-corrected chi connectivity index (χ4v) is 1.96. The Balaban J connectivity index is 0.000000492. The number of aliphatic hydroxyl groups excluding tert-OH is 2. The molecule has 0 bridgehead atoms. The number of alkyl halides is 7. The van der Waals surface area contributed by atoms with Crippen molar-refractivity contribution in [1.82, 2.24) is 0 Å². The van der Waals surface area contributed by atoms with E-state index in [1.54, 1.807) is 0 Å². The van der Waals surface area contributed by atoms with Gasteiger partial charge >= 0.3 is 12.4 Å². The summed E-state index contributed by atoms with van der Waals surface area (Å²) in [4.78, 5) is 0. The van der Waals surface area contributed by atoms with Gasteiger partial charge in [-0.05, 0) is 55.0 Å². The van der Waals surface area contributed by atoms with Crippen molar-refractivity contribution in [2.45, 2.75) is 25.2 Å².